The lowest BCUT2D eigenvalue weighted by atomic mass is 10.1. The Morgan fingerprint density at radius 3 is 2.48 bits per heavy atom. The summed E-state index contributed by atoms with van der Waals surface area (Å²) in [6, 6.07) is 12.6. The van der Waals surface area contributed by atoms with Crippen LogP contribution in [0.4, 0.5) is 4.79 Å². The first-order valence-corrected chi connectivity index (χ1v) is 10.1. The van der Waals surface area contributed by atoms with Gasteiger partial charge in [-0.15, -0.1) is 0 Å². The van der Waals surface area contributed by atoms with E-state index in [1.807, 2.05) is 19.1 Å². The van der Waals surface area contributed by atoms with E-state index in [0.717, 1.165) is 5.56 Å². The summed E-state index contributed by atoms with van der Waals surface area (Å²) in [6.07, 6.45) is 0. The fraction of sp³-hybridized carbons (Fsp3) is 0.278. The Morgan fingerprint density at radius 2 is 1.85 bits per heavy atom. The van der Waals surface area contributed by atoms with Crippen LogP contribution in [0.15, 0.2) is 53.4 Å². The van der Waals surface area contributed by atoms with Crippen LogP contribution >= 0.6 is 11.6 Å². The van der Waals surface area contributed by atoms with E-state index in [4.69, 9.17) is 16.3 Å². The van der Waals surface area contributed by atoms with Crippen LogP contribution in [0, 0.1) is 0 Å². The second-order valence-corrected chi connectivity index (χ2v) is 7.95. The number of halogens is 1. The van der Waals surface area contributed by atoms with Crippen LogP contribution in [-0.4, -0.2) is 34.6 Å². The third-order valence-corrected chi connectivity index (χ3v) is 5.48. The number of benzene rings is 2. The van der Waals surface area contributed by atoms with E-state index in [1.54, 1.807) is 24.3 Å². The van der Waals surface area contributed by atoms with Gasteiger partial charge in [0.2, 0.25) is 10.0 Å². The van der Waals surface area contributed by atoms with Crippen molar-refractivity contribution in [3.63, 3.8) is 0 Å². The molecule has 0 aromatic heterocycles. The summed E-state index contributed by atoms with van der Waals surface area (Å²) < 4.78 is 31.8. The third kappa shape index (κ3) is 6.42. The van der Waals surface area contributed by atoms with Crippen LogP contribution in [0.2, 0.25) is 5.02 Å². The molecule has 1 unspecified atom stereocenters. The van der Waals surface area contributed by atoms with Gasteiger partial charge in [0.25, 0.3) is 0 Å². The Labute approximate surface area is 164 Å². The van der Waals surface area contributed by atoms with Gasteiger partial charge in [0.15, 0.2) is 0 Å². The van der Waals surface area contributed by atoms with Gasteiger partial charge in [0.1, 0.15) is 5.75 Å². The molecule has 2 aromatic rings. The number of rotatable bonds is 8. The maximum Gasteiger partial charge on any atom is 0.315 e. The predicted octanol–water partition coefficient (Wildman–Crippen LogP) is 2.69. The zero-order valence-corrected chi connectivity index (χ0v) is 16.6. The van der Waals surface area contributed by atoms with Crippen LogP contribution in [-0.2, 0) is 10.0 Å². The van der Waals surface area contributed by atoms with Gasteiger partial charge in [-0.05, 0) is 48.9 Å². The summed E-state index contributed by atoms with van der Waals surface area (Å²) in [5.74, 6) is 0.570. The Kier molecular flexibility index (Phi) is 7.46. The number of methoxy groups -OCH3 is 1. The number of hydrogen-bond donors (Lipinski definition) is 3. The Morgan fingerprint density at radius 1 is 1.15 bits per heavy atom. The Balaban J connectivity index is 1.77. The fourth-order valence-corrected chi connectivity index (χ4v) is 3.54. The smallest absolute Gasteiger partial charge is 0.315 e. The van der Waals surface area contributed by atoms with Crippen molar-refractivity contribution in [3.05, 3.63) is 59.1 Å². The van der Waals surface area contributed by atoms with Gasteiger partial charge in [-0.25, -0.2) is 17.9 Å². The number of carbonyl (C=O) groups is 1. The van der Waals surface area contributed by atoms with Crippen molar-refractivity contribution in [3.8, 4) is 5.75 Å². The maximum absolute atomic E-state index is 12.2. The molecular formula is C18H22ClN3O4S. The molecule has 1 atom stereocenters. The number of hydrogen-bond acceptors (Lipinski definition) is 4. The molecule has 0 saturated heterocycles. The highest BCUT2D eigenvalue weighted by atomic mass is 35.5. The highest BCUT2D eigenvalue weighted by molar-refractivity contribution is 7.89. The summed E-state index contributed by atoms with van der Waals surface area (Å²) in [4.78, 5) is 12.1. The van der Waals surface area contributed by atoms with Crippen molar-refractivity contribution in [2.24, 2.45) is 0 Å². The van der Waals surface area contributed by atoms with Crippen LogP contribution in [0.25, 0.3) is 0 Å². The van der Waals surface area contributed by atoms with Crippen LogP contribution in [0.5, 0.6) is 5.75 Å². The van der Waals surface area contributed by atoms with E-state index in [2.05, 4.69) is 15.4 Å². The molecule has 0 aliphatic rings. The quantitative estimate of drug-likeness (QED) is 0.582. The van der Waals surface area contributed by atoms with Gasteiger partial charge >= 0.3 is 6.03 Å². The lowest BCUT2D eigenvalue weighted by Crippen LogP contribution is -2.41. The largest absolute Gasteiger partial charge is 0.497 e. The summed E-state index contributed by atoms with van der Waals surface area (Å²) in [6.45, 7) is 2.04. The number of nitrogens with one attached hydrogen (secondary N) is 3. The Hall–Kier alpha value is -2.29. The standard InChI is InChI=1S/C18H22ClN3O4S/c1-13(14-4-3-5-15(19)12-14)22-18(23)20-10-11-21-27(24,25)17-8-6-16(26-2)7-9-17/h3-9,12-13,21H,10-11H2,1-2H3,(H2,20,22,23). The minimum Gasteiger partial charge on any atom is -0.497 e. The Bertz CT molecular complexity index is 872. The minimum absolute atomic E-state index is 0.0628. The molecule has 9 heteroatoms. The summed E-state index contributed by atoms with van der Waals surface area (Å²) in [7, 11) is -2.14. The van der Waals surface area contributed by atoms with E-state index < -0.39 is 16.1 Å². The zero-order valence-electron chi connectivity index (χ0n) is 15.0. The van der Waals surface area contributed by atoms with E-state index >= 15 is 0 Å². The number of ether oxygens (including phenoxy) is 1. The molecule has 0 heterocycles. The first kappa shape index (κ1) is 21.0. The highest BCUT2D eigenvalue weighted by Gasteiger charge is 2.14. The molecule has 2 rings (SSSR count). The average Bonchev–Trinajstić information content (AvgIpc) is 2.65. The molecule has 0 fully saturated rings. The monoisotopic (exact) mass is 411 g/mol. The van der Waals surface area contributed by atoms with E-state index in [9.17, 15) is 13.2 Å². The summed E-state index contributed by atoms with van der Waals surface area (Å²) >= 11 is 5.94. The fourth-order valence-electron chi connectivity index (χ4n) is 2.31. The second kappa shape index (κ2) is 9.59. The molecule has 0 bridgehead atoms. The summed E-state index contributed by atoms with van der Waals surface area (Å²) in [5.41, 5.74) is 0.873. The predicted molar refractivity (Wildman–Crippen MR) is 105 cm³/mol. The molecule has 0 saturated carbocycles. The topological polar surface area (TPSA) is 96.5 Å². The molecule has 27 heavy (non-hydrogen) atoms. The van der Waals surface area contributed by atoms with Crippen molar-refractivity contribution in [2.75, 3.05) is 20.2 Å². The molecule has 2 aromatic carbocycles. The number of carbonyl (C=O) groups excluding carboxylic acids is 1. The number of sulfonamides is 1. The lowest BCUT2D eigenvalue weighted by Gasteiger charge is -2.15. The van der Waals surface area contributed by atoms with E-state index in [1.165, 1.54) is 19.2 Å². The number of amides is 2. The zero-order chi connectivity index (χ0) is 19.9. The molecular weight excluding hydrogens is 390 g/mol. The van der Waals surface area contributed by atoms with Gasteiger partial charge in [-0.1, -0.05) is 23.7 Å². The van der Waals surface area contributed by atoms with Crippen LogP contribution in [0.1, 0.15) is 18.5 Å². The molecule has 0 aliphatic heterocycles. The highest BCUT2D eigenvalue weighted by Crippen LogP contribution is 2.17. The molecule has 2 amide bonds. The first-order valence-electron chi connectivity index (χ1n) is 8.25. The van der Waals surface area contributed by atoms with Crippen molar-refractivity contribution >= 4 is 27.7 Å². The van der Waals surface area contributed by atoms with Gasteiger partial charge in [0, 0.05) is 18.1 Å². The van der Waals surface area contributed by atoms with Crippen molar-refractivity contribution in [2.45, 2.75) is 17.9 Å². The van der Waals surface area contributed by atoms with Crippen molar-refractivity contribution in [1.29, 1.82) is 0 Å². The molecule has 0 aliphatic carbocycles. The summed E-state index contributed by atoms with van der Waals surface area (Å²) in [5, 5.41) is 5.97. The molecule has 0 spiro atoms. The third-order valence-electron chi connectivity index (χ3n) is 3.77. The second-order valence-electron chi connectivity index (χ2n) is 5.75. The minimum atomic E-state index is -3.65. The van der Waals surface area contributed by atoms with E-state index in [0.29, 0.717) is 10.8 Å². The normalized spacial score (nSPS) is 12.3. The molecule has 0 radical (unpaired) electrons. The van der Waals surface area contributed by atoms with Gasteiger partial charge in [0.05, 0.1) is 18.0 Å². The van der Waals surface area contributed by atoms with Crippen LogP contribution in [0.3, 0.4) is 0 Å². The lowest BCUT2D eigenvalue weighted by molar-refractivity contribution is 0.238. The molecule has 3 N–H and O–H groups in total. The average molecular weight is 412 g/mol. The van der Waals surface area contributed by atoms with Crippen molar-refractivity contribution in [1.82, 2.24) is 15.4 Å². The SMILES string of the molecule is COc1ccc(S(=O)(=O)NCCNC(=O)NC(C)c2cccc(Cl)c2)cc1. The maximum atomic E-state index is 12.2. The van der Waals surface area contributed by atoms with Crippen LogP contribution < -0.4 is 20.1 Å². The molecule has 146 valence electrons. The van der Waals surface area contributed by atoms with Gasteiger partial charge in [-0.2, -0.15) is 0 Å². The van der Waals surface area contributed by atoms with Crippen molar-refractivity contribution < 1.29 is 17.9 Å². The number of urea groups is 1. The first-order chi connectivity index (χ1) is 12.8. The van der Waals surface area contributed by atoms with Gasteiger partial charge < -0.3 is 15.4 Å². The molecule has 7 nitrogen and oxygen atoms in total. The van der Waals surface area contributed by atoms with Gasteiger partial charge in [-0.3, -0.25) is 0 Å². The van der Waals surface area contributed by atoms with E-state index in [-0.39, 0.29) is 24.0 Å².